The van der Waals surface area contributed by atoms with Gasteiger partial charge >= 0.3 is 5.97 Å². The largest absolute Gasteiger partial charge is 0.462 e. The lowest BCUT2D eigenvalue weighted by molar-refractivity contribution is -0.318. The molecule has 5 heterocycles. The molecular weight excluding hydrogens is 809 g/mol. The van der Waals surface area contributed by atoms with Crippen LogP contribution in [0, 0.1) is 29.6 Å². The molecule has 13 nitrogen and oxygen atoms in total. The van der Waals surface area contributed by atoms with Crippen molar-refractivity contribution in [1.29, 1.82) is 0 Å². The SMILES string of the molecule is CC[C@H](C)[C@H]1O[C@@]2(CC[C@@H]1C)C[C@@H]1C/C=C(\C)C(O[C@H]3C[C@H](OC)[C@@H](OC4C[C@H](OC)[C@@H](O)[C@H](C)O4)[C@H](C)O3)[C@@H](C)/C=C/C=C3\CO[C@]4(C)[C@H](O)C(C)=C[C@@H](C(=O)O[C@@H](C1)C2)[C@]34O. The van der Waals surface area contributed by atoms with Gasteiger partial charge in [0.2, 0.25) is 0 Å². The molecule has 5 aliphatic heterocycles. The van der Waals surface area contributed by atoms with E-state index in [9.17, 15) is 20.1 Å². The standard InChI is InChI=1S/C50H78O13/c1-12-27(2)44-30(5)18-19-49(63-44)24-34-17-16-29(4)43(61-41-23-39(56-11)45(33(8)59-41)62-40-22-38(55-10)42(51)32(7)58-40)28(3)14-13-15-35-26-57-48(9)46(52)31(6)20-37(50(35,48)54)47(53)60-36(21-34)25-49/h13-16,20,27-28,30,32-34,36-46,51-52,54H,12,17-19,21-26H2,1-11H3/b14-13+,29-16+,35-15+/t27-,28-,30-,32-,33-,34+,36-,37-,38-,39-,40?,41-,42-,43?,44+,45-,46+,48+,49-,50+/m0/s1. The second-order valence-electron chi connectivity index (χ2n) is 20.5. The van der Waals surface area contributed by atoms with Gasteiger partial charge in [-0.2, -0.15) is 0 Å². The Morgan fingerprint density at radius 1 is 0.937 bits per heavy atom. The molecule has 63 heavy (non-hydrogen) atoms. The van der Waals surface area contributed by atoms with Crippen LogP contribution in [-0.4, -0.2) is 133 Å². The summed E-state index contributed by atoms with van der Waals surface area (Å²) in [7, 11) is 3.25. The van der Waals surface area contributed by atoms with Crippen molar-refractivity contribution in [3.8, 4) is 0 Å². The molecule has 2 unspecified atom stereocenters. The first kappa shape index (κ1) is 48.9. The molecule has 356 valence electrons. The Kier molecular flexibility index (Phi) is 15.3. The molecule has 5 fully saturated rings. The average molecular weight is 887 g/mol. The third-order valence-corrected chi connectivity index (χ3v) is 16.1. The molecule has 1 saturated carbocycles. The summed E-state index contributed by atoms with van der Waals surface area (Å²) in [6.45, 7) is 18.3. The van der Waals surface area contributed by atoms with Crippen molar-refractivity contribution in [1.82, 2.24) is 0 Å². The third-order valence-electron chi connectivity index (χ3n) is 16.1. The molecule has 1 spiro atoms. The number of carbonyl (C=O) groups is 1. The molecule has 0 aromatic heterocycles. The normalized spacial score (nSPS) is 50.0. The number of carbonyl (C=O) groups excluding carboxylic acids is 1. The van der Waals surface area contributed by atoms with Crippen molar-refractivity contribution < 1.29 is 62.7 Å². The van der Waals surface area contributed by atoms with E-state index in [1.165, 1.54) is 0 Å². The van der Waals surface area contributed by atoms with Gasteiger partial charge in [-0.25, -0.2) is 0 Å². The monoisotopic (exact) mass is 887 g/mol. The van der Waals surface area contributed by atoms with Crippen LogP contribution in [0.2, 0.25) is 0 Å². The summed E-state index contributed by atoms with van der Waals surface area (Å²) in [5, 5.41) is 34.8. The van der Waals surface area contributed by atoms with Gasteiger partial charge in [-0.3, -0.25) is 4.79 Å². The quantitative estimate of drug-likeness (QED) is 0.176. The fraction of sp³-hybridized carbons (Fsp3) is 0.820. The summed E-state index contributed by atoms with van der Waals surface area (Å²) in [6.07, 6.45) is 10.4. The van der Waals surface area contributed by atoms with Crippen LogP contribution in [0.1, 0.15) is 120 Å². The molecule has 0 aromatic rings. The minimum Gasteiger partial charge on any atom is -0.462 e. The Labute approximate surface area is 375 Å². The second-order valence-corrected chi connectivity index (χ2v) is 20.5. The van der Waals surface area contributed by atoms with Crippen LogP contribution in [0.5, 0.6) is 0 Å². The predicted octanol–water partition coefficient (Wildman–Crippen LogP) is 6.66. The maximum Gasteiger partial charge on any atom is 0.316 e. The van der Waals surface area contributed by atoms with Crippen LogP contribution in [0.4, 0.5) is 0 Å². The van der Waals surface area contributed by atoms with Crippen LogP contribution in [0.25, 0.3) is 0 Å². The van der Waals surface area contributed by atoms with Crippen molar-refractivity contribution in [2.45, 2.75) is 211 Å². The maximum absolute atomic E-state index is 14.5. The highest BCUT2D eigenvalue weighted by molar-refractivity contribution is 5.79. The van der Waals surface area contributed by atoms with E-state index in [1.807, 2.05) is 32.1 Å². The summed E-state index contributed by atoms with van der Waals surface area (Å²) >= 11 is 0. The minimum atomic E-state index is -1.85. The predicted molar refractivity (Wildman–Crippen MR) is 235 cm³/mol. The molecular formula is C50H78O13. The van der Waals surface area contributed by atoms with E-state index in [0.29, 0.717) is 48.7 Å². The number of esters is 1. The third kappa shape index (κ3) is 9.60. The smallest absolute Gasteiger partial charge is 0.316 e. The summed E-state index contributed by atoms with van der Waals surface area (Å²) in [5.74, 6) is -0.763. The molecule has 7 rings (SSSR count). The van der Waals surface area contributed by atoms with E-state index < -0.39 is 84.0 Å². The summed E-state index contributed by atoms with van der Waals surface area (Å²) in [5.41, 5.74) is -1.65. The van der Waals surface area contributed by atoms with E-state index in [4.69, 9.17) is 42.6 Å². The number of hydrogen-bond acceptors (Lipinski definition) is 13. The Morgan fingerprint density at radius 2 is 1.63 bits per heavy atom. The number of hydrogen-bond donors (Lipinski definition) is 3. The van der Waals surface area contributed by atoms with E-state index >= 15 is 0 Å². The topological polar surface area (TPSA) is 161 Å². The molecule has 20 atom stereocenters. The Bertz CT molecular complexity index is 1720. The zero-order valence-corrected chi connectivity index (χ0v) is 39.7. The number of fused-ring (bicyclic) bond motifs is 2. The fourth-order valence-corrected chi connectivity index (χ4v) is 12.0. The highest BCUT2D eigenvalue weighted by Gasteiger charge is 2.67. The van der Waals surface area contributed by atoms with Gasteiger partial charge in [-0.05, 0) is 101 Å². The summed E-state index contributed by atoms with van der Waals surface area (Å²) in [4.78, 5) is 14.5. The zero-order valence-electron chi connectivity index (χ0n) is 39.7. The van der Waals surface area contributed by atoms with E-state index in [0.717, 1.165) is 37.7 Å². The van der Waals surface area contributed by atoms with Crippen molar-refractivity contribution in [3.05, 3.63) is 47.1 Å². The van der Waals surface area contributed by atoms with E-state index in [-0.39, 0.29) is 36.8 Å². The number of rotatable bonds is 8. The van der Waals surface area contributed by atoms with Gasteiger partial charge < -0.3 is 58.0 Å². The second kappa shape index (κ2) is 19.7. The molecule has 2 aliphatic carbocycles. The van der Waals surface area contributed by atoms with Gasteiger partial charge in [0.15, 0.2) is 12.6 Å². The van der Waals surface area contributed by atoms with Gasteiger partial charge in [0.25, 0.3) is 0 Å². The van der Waals surface area contributed by atoms with Crippen LogP contribution in [0.15, 0.2) is 47.1 Å². The van der Waals surface area contributed by atoms with Crippen molar-refractivity contribution in [2.75, 3.05) is 20.8 Å². The van der Waals surface area contributed by atoms with Crippen LogP contribution >= 0.6 is 0 Å². The van der Waals surface area contributed by atoms with Crippen LogP contribution in [0.3, 0.4) is 0 Å². The number of aliphatic hydroxyl groups excluding tert-OH is 2. The van der Waals surface area contributed by atoms with Gasteiger partial charge in [-0.15, -0.1) is 0 Å². The number of ether oxygens (including phenoxy) is 9. The average Bonchev–Trinajstić information content (AvgIpc) is 3.52. The maximum atomic E-state index is 14.5. The van der Waals surface area contributed by atoms with Gasteiger partial charge in [0.05, 0.1) is 48.8 Å². The molecule has 7 aliphatic rings. The number of methoxy groups -OCH3 is 2. The van der Waals surface area contributed by atoms with Crippen LogP contribution in [-0.2, 0) is 47.4 Å². The molecule has 2 bridgehead atoms. The van der Waals surface area contributed by atoms with Gasteiger partial charge in [0, 0.05) is 39.4 Å². The number of aliphatic hydroxyl groups is 3. The van der Waals surface area contributed by atoms with E-state index in [1.54, 1.807) is 34.1 Å². The highest BCUT2D eigenvalue weighted by atomic mass is 16.7. The molecule has 0 amide bonds. The fourth-order valence-electron chi connectivity index (χ4n) is 12.0. The first-order valence-electron chi connectivity index (χ1n) is 23.9. The zero-order chi connectivity index (χ0) is 45.6. The van der Waals surface area contributed by atoms with Crippen molar-refractivity contribution >= 4 is 5.97 Å². The molecule has 3 N–H and O–H groups in total. The molecule has 0 aromatic carbocycles. The first-order valence-corrected chi connectivity index (χ1v) is 23.9. The van der Waals surface area contributed by atoms with Crippen molar-refractivity contribution in [3.63, 3.8) is 0 Å². The Hall–Kier alpha value is -2.01. The summed E-state index contributed by atoms with van der Waals surface area (Å²) < 4.78 is 57.7. The first-order chi connectivity index (χ1) is 29.9. The molecule has 4 saturated heterocycles. The Morgan fingerprint density at radius 3 is 2.35 bits per heavy atom. The molecule has 13 heteroatoms. The van der Waals surface area contributed by atoms with Gasteiger partial charge in [-0.1, -0.05) is 64.5 Å². The minimum absolute atomic E-state index is 0.0388. The Balaban J connectivity index is 1.19. The highest BCUT2D eigenvalue weighted by Crippen LogP contribution is 2.53. The lowest BCUT2D eigenvalue weighted by atomic mass is 9.64. The lowest BCUT2D eigenvalue weighted by Crippen LogP contribution is -2.65. The summed E-state index contributed by atoms with van der Waals surface area (Å²) in [6, 6.07) is 0. The van der Waals surface area contributed by atoms with Gasteiger partial charge in [0.1, 0.15) is 41.5 Å². The van der Waals surface area contributed by atoms with E-state index in [2.05, 4.69) is 40.7 Å². The number of allylic oxidation sites excluding steroid dienone is 3. The van der Waals surface area contributed by atoms with Crippen molar-refractivity contribution in [2.24, 2.45) is 29.6 Å². The molecule has 0 radical (unpaired) electrons. The van der Waals surface area contributed by atoms with Crippen LogP contribution < -0.4 is 0 Å². The lowest BCUT2D eigenvalue weighted by Gasteiger charge is -2.52.